The second-order valence-electron chi connectivity index (χ2n) is 6.99. The maximum Gasteiger partial charge on any atom is 0.355 e. The molecule has 1 aromatic carbocycles. The van der Waals surface area contributed by atoms with Gasteiger partial charge in [-0.25, -0.2) is 14.1 Å². The van der Waals surface area contributed by atoms with Gasteiger partial charge in [0.2, 0.25) is 11.5 Å². The molecule has 0 saturated heterocycles. The molecule has 0 radical (unpaired) electrons. The SMILES string of the molecule is Cn1c(-c2cccc(-c3cn4ccnc4n3C)[n+]2C)[n+](C)c2ccccc21. The summed E-state index contributed by atoms with van der Waals surface area (Å²) < 4.78 is 10.9. The van der Waals surface area contributed by atoms with E-state index in [1.807, 2.05) is 12.4 Å². The highest BCUT2D eigenvalue weighted by molar-refractivity contribution is 5.75. The van der Waals surface area contributed by atoms with Crippen LogP contribution in [0.5, 0.6) is 0 Å². The molecule has 0 spiro atoms. The number of para-hydroxylation sites is 2. The molecule has 6 heteroatoms. The van der Waals surface area contributed by atoms with E-state index >= 15 is 0 Å². The molecule has 4 heterocycles. The van der Waals surface area contributed by atoms with Crippen molar-refractivity contribution >= 4 is 16.8 Å². The van der Waals surface area contributed by atoms with Gasteiger partial charge in [0.25, 0.3) is 5.69 Å². The second kappa shape index (κ2) is 5.54. The van der Waals surface area contributed by atoms with E-state index < -0.39 is 0 Å². The Kier molecular flexibility index (Phi) is 3.25. The monoisotopic (exact) mass is 358 g/mol. The number of aromatic nitrogens is 6. The number of fused-ring (bicyclic) bond motifs is 2. The van der Waals surface area contributed by atoms with E-state index in [-0.39, 0.29) is 0 Å². The van der Waals surface area contributed by atoms with Crippen LogP contribution in [-0.2, 0) is 28.2 Å². The lowest BCUT2D eigenvalue weighted by Crippen LogP contribution is -2.40. The average molecular weight is 358 g/mol. The van der Waals surface area contributed by atoms with Crippen LogP contribution in [0.25, 0.3) is 39.7 Å². The second-order valence-corrected chi connectivity index (χ2v) is 6.99. The summed E-state index contributed by atoms with van der Waals surface area (Å²) in [5.41, 5.74) is 5.87. The fourth-order valence-corrected chi connectivity index (χ4v) is 4.12. The van der Waals surface area contributed by atoms with Gasteiger partial charge in [-0.3, -0.25) is 4.40 Å². The van der Waals surface area contributed by atoms with Gasteiger partial charge >= 0.3 is 5.82 Å². The van der Waals surface area contributed by atoms with Crippen LogP contribution >= 0.6 is 0 Å². The lowest BCUT2D eigenvalue weighted by molar-refractivity contribution is -0.673. The van der Waals surface area contributed by atoms with Gasteiger partial charge in [-0.05, 0) is 18.2 Å². The van der Waals surface area contributed by atoms with E-state index in [2.05, 4.69) is 105 Å². The molecule has 134 valence electrons. The van der Waals surface area contributed by atoms with Gasteiger partial charge in [0, 0.05) is 37.8 Å². The van der Waals surface area contributed by atoms with Crippen molar-refractivity contribution in [1.29, 1.82) is 0 Å². The number of benzene rings is 1. The van der Waals surface area contributed by atoms with Gasteiger partial charge in [0.15, 0.2) is 11.0 Å². The fourth-order valence-electron chi connectivity index (χ4n) is 4.12. The Morgan fingerprint density at radius 2 is 1.63 bits per heavy atom. The van der Waals surface area contributed by atoms with Crippen LogP contribution in [0.2, 0.25) is 0 Å². The van der Waals surface area contributed by atoms with Crippen LogP contribution in [0, 0.1) is 0 Å². The predicted molar refractivity (Wildman–Crippen MR) is 104 cm³/mol. The molecular weight excluding hydrogens is 336 g/mol. The Morgan fingerprint density at radius 1 is 0.852 bits per heavy atom. The first-order valence-electron chi connectivity index (χ1n) is 8.99. The van der Waals surface area contributed by atoms with Gasteiger partial charge in [0.05, 0.1) is 14.1 Å². The Labute approximate surface area is 157 Å². The molecule has 5 rings (SSSR count). The summed E-state index contributed by atoms with van der Waals surface area (Å²) in [4.78, 5) is 4.44. The van der Waals surface area contributed by atoms with Gasteiger partial charge in [0.1, 0.15) is 12.7 Å². The van der Waals surface area contributed by atoms with Crippen molar-refractivity contribution in [1.82, 2.24) is 18.5 Å². The summed E-state index contributed by atoms with van der Waals surface area (Å²) >= 11 is 0. The molecule has 0 aliphatic carbocycles. The molecule has 0 aliphatic rings. The molecule has 0 atom stereocenters. The van der Waals surface area contributed by atoms with Crippen molar-refractivity contribution in [2.45, 2.75) is 0 Å². The first-order valence-corrected chi connectivity index (χ1v) is 8.99. The highest BCUT2D eigenvalue weighted by Gasteiger charge is 2.30. The van der Waals surface area contributed by atoms with Gasteiger partial charge in [-0.1, -0.05) is 12.1 Å². The van der Waals surface area contributed by atoms with Crippen molar-refractivity contribution in [2.75, 3.05) is 0 Å². The van der Waals surface area contributed by atoms with Crippen molar-refractivity contribution in [2.24, 2.45) is 28.2 Å². The van der Waals surface area contributed by atoms with Crippen molar-refractivity contribution in [3.63, 3.8) is 0 Å². The summed E-state index contributed by atoms with van der Waals surface area (Å²) in [6.45, 7) is 0. The first kappa shape index (κ1) is 15.8. The summed E-state index contributed by atoms with van der Waals surface area (Å²) in [6, 6.07) is 14.9. The van der Waals surface area contributed by atoms with Crippen molar-refractivity contribution in [3.8, 4) is 22.9 Å². The normalized spacial score (nSPS) is 11.7. The van der Waals surface area contributed by atoms with E-state index in [1.54, 1.807) is 0 Å². The molecule has 4 aromatic heterocycles. The van der Waals surface area contributed by atoms with E-state index in [0.29, 0.717) is 0 Å². The molecule has 0 amide bonds. The molecule has 5 aromatic rings. The average Bonchev–Trinajstić information content (AvgIpc) is 3.32. The zero-order valence-corrected chi connectivity index (χ0v) is 16.0. The fraction of sp³-hybridized carbons (Fsp3) is 0.190. The third kappa shape index (κ3) is 2.10. The summed E-state index contributed by atoms with van der Waals surface area (Å²) in [5.74, 6) is 2.10. The Hall–Kier alpha value is -3.41. The third-order valence-electron chi connectivity index (χ3n) is 5.53. The predicted octanol–water partition coefficient (Wildman–Crippen LogP) is 2.15. The zero-order chi connectivity index (χ0) is 18.7. The van der Waals surface area contributed by atoms with Crippen LogP contribution in [0.3, 0.4) is 0 Å². The lowest BCUT2D eigenvalue weighted by atomic mass is 10.2. The summed E-state index contributed by atoms with van der Waals surface area (Å²) in [7, 11) is 8.43. The minimum atomic E-state index is 0.936. The van der Waals surface area contributed by atoms with Crippen LogP contribution in [-0.4, -0.2) is 18.5 Å². The highest BCUT2D eigenvalue weighted by Crippen LogP contribution is 2.23. The van der Waals surface area contributed by atoms with E-state index in [9.17, 15) is 0 Å². The Bertz CT molecular complexity index is 1280. The number of aryl methyl sites for hydroxylation is 3. The zero-order valence-electron chi connectivity index (χ0n) is 16.0. The molecule has 0 unspecified atom stereocenters. The molecule has 0 fully saturated rings. The smallest absolute Gasteiger partial charge is 0.308 e. The van der Waals surface area contributed by atoms with Crippen molar-refractivity contribution < 1.29 is 9.13 Å². The minimum Gasteiger partial charge on any atom is -0.308 e. The molecular formula is C21H22N6+2. The van der Waals surface area contributed by atoms with Gasteiger partial charge in [-0.2, -0.15) is 4.57 Å². The molecule has 6 nitrogen and oxygen atoms in total. The molecule has 0 bridgehead atoms. The minimum absolute atomic E-state index is 0.936. The number of rotatable bonds is 2. The van der Waals surface area contributed by atoms with Crippen LogP contribution in [0.1, 0.15) is 0 Å². The quantitative estimate of drug-likeness (QED) is 0.445. The first-order chi connectivity index (χ1) is 13.1. The van der Waals surface area contributed by atoms with E-state index in [4.69, 9.17) is 0 Å². The molecule has 0 N–H and O–H groups in total. The number of hydrogen-bond donors (Lipinski definition) is 0. The number of nitrogens with zero attached hydrogens (tertiary/aromatic N) is 6. The Balaban J connectivity index is 1.78. The van der Waals surface area contributed by atoms with Crippen LogP contribution in [0.4, 0.5) is 0 Å². The summed E-state index contributed by atoms with van der Waals surface area (Å²) in [5, 5.41) is 0. The van der Waals surface area contributed by atoms with E-state index in [1.165, 1.54) is 16.9 Å². The number of pyridine rings is 1. The van der Waals surface area contributed by atoms with Crippen molar-refractivity contribution in [3.05, 3.63) is 61.1 Å². The van der Waals surface area contributed by atoms with Crippen LogP contribution < -0.4 is 9.13 Å². The molecule has 0 aliphatic heterocycles. The van der Waals surface area contributed by atoms with Gasteiger partial charge in [-0.15, -0.1) is 0 Å². The maximum atomic E-state index is 4.44. The highest BCUT2D eigenvalue weighted by atomic mass is 15.2. The Morgan fingerprint density at radius 3 is 2.41 bits per heavy atom. The lowest BCUT2D eigenvalue weighted by Gasteiger charge is -2.04. The molecule has 0 saturated carbocycles. The summed E-state index contributed by atoms with van der Waals surface area (Å²) in [6.07, 6.45) is 5.93. The number of hydrogen-bond acceptors (Lipinski definition) is 1. The maximum absolute atomic E-state index is 4.44. The largest absolute Gasteiger partial charge is 0.355 e. The third-order valence-corrected chi connectivity index (χ3v) is 5.53. The van der Waals surface area contributed by atoms with E-state index in [0.717, 1.165) is 22.9 Å². The molecule has 27 heavy (non-hydrogen) atoms. The van der Waals surface area contributed by atoms with Gasteiger partial charge < -0.3 is 4.57 Å². The topological polar surface area (TPSA) is 34.9 Å². The van der Waals surface area contributed by atoms with Crippen LogP contribution in [0.15, 0.2) is 61.1 Å². The standard InChI is InChI=1S/C21H22N6/c1-23-17(19-14-27-13-12-22-21(27)26(19)4)10-7-11-18(23)20-24(2)15-8-5-6-9-16(15)25(20)3/h5-14H,1-4H3/q+2. The number of imidazole rings is 3.